The third kappa shape index (κ3) is 6.52. The zero-order chi connectivity index (χ0) is 25.4. The number of ether oxygens (including phenoxy) is 1. The zero-order valence-electron chi connectivity index (χ0n) is 21.1. The smallest absolute Gasteiger partial charge is 0.261 e. The lowest BCUT2D eigenvalue weighted by Crippen LogP contribution is -2.49. The number of carbonyl (C=O) groups excluding carboxylic acids is 2. The van der Waals surface area contributed by atoms with Crippen molar-refractivity contribution in [3.8, 4) is 6.07 Å². The topological polar surface area (TPSA) is 90.6 Å². The molecule has 1 aliphatic rings. The van der Waals surface area contributed by atoms with E-state index in [0.717, 1.165) is 35.7 Å². The molecule has 0 bridgehead atoms. The van der Waals surface area contributed by atoms with Crippen molar-refractivity contribution < 1.29 is 14.3 Å². The van der Waals surface area contributed by atoms with E-state index in [1.54, 1.807) is 13.2 Å². The average molecular weight is 478 g/mol. The van der Waals surface area contributed by atoms with Crippen molar-refractivity contribution in [2.24, 2.45) is 0 Å². The number of nitrogens with one attached hydrogen (secondary N) is 1. The van der Waals surface area contributed by atoms with Gasteiger partial charge in [-0.25, -0.2) is 0 Å². The van der Waals surface area contributed by atoms with Crippen LogP contribution in [0.25, 0.3) is 6.08 Å². The molecule has 0 saturated carbocycles. The van der Waals surface area contributed by atoms with E-state index in [0.29, 0.717) is 19.7 Å². The lowest BCUT2D eigenvalue weighted by Gasteiger charge is -2.36. The van der Waals surface area contributed by atoms with Crippen LogP contribution in [0.1, 0.15) is 36.3 Å². The Morgan fingerprint density at radius 2 is 1.86 bits per heavy atom. The second-order valence-corrected chi connectivity index (χ2v) is 8.88. The fourth-order valence-electron chi connectivity index (χ4n) is 4.64. The van der Waals surface area contributed by atoms with Crippen molar-refractivity contribution in [1.82, 2.24) is 14.8 Å². The van der Waals surface area contributed by atoms with E-state index < -0.39 is 5.91 Å². The summed E-state index contributed by atoms with van der Waals surface area (Å²) >= 11 is 0. The minimum absolute atomic E-state index is 0.0103. The number of methoxy groups -OCH3 is 1. The molecule has 2 aromatic rings. The number of nitrogens with zero attached hydrogens (tertiary/aromatic N) is 4. The SMILES string of the molecule is COCC(C)n1c(C)cc(/C=C(\C#N)C(=O)NCCC(=O)N2CCN(c3ccccc3)CC2)c1C. The van der Waals surface area contributed by atoms with Gasteiger partial charge in [0.05, 0.1) is 12.6 Å². The predicted octanol–water partition coefficient (Wildman–Crippen LogP) is 3.07. The van der Waals surface area contributed by atoms with Gasteiger partial charge in [-0.3, -0.25) is 9.59 Å². The van der Waals surface area contributed by atoms with Crippen LogP contribution in [0.4, 0.5) is 5.69 Å². The molecule has 186 valence electrons. The first-order valence-electron chi connectivity index (χ1n) is 12.0. The normalized spacial score (nSPS) is 15.0. The number of rotatable bonds is 9. The maximum absolute atomic E-state index is 12.6. The Balaban J connectivity index is 1.52. The van der Waals surface area contributed by atoms with Gasteiger partial charge in [-0.2, -0.15) is 5.26 Å². The maximum atomic E-state index is 12.6. The van der Waals surface area contributed by atoms with Crippen LogP contribution >= 0.6 is 0 Å². The van der Waals surface area contributed by atoms with E-state index in [-0.39, 0.29) is 30.5 Å². The van der Waals surface area contributed by atoms with Crippen LogP contribution in [0.15, 0.2) is 42.0 Å². The van der Waals surface area contributed by atoms with Gasteiger partial charge in [0.15, 0.2) is 0 Å². The van der Waals surface area contributed by atoms with Gasteiger partial charge in [-0.15, -0.1) is 0 Å². The fraction of sp³-hybridized carbons (Fsp3) is 0.444. The number of nitriles is 1. The van der Waals surface area contributed by atoms with Crippen molar-refractivity contribution in [3.05, 3.63) is 58.9 Å². The summed E-state index contributed by atoms with van der Waals surface area (Å²) in [6, 6.07) is 14.3. The summed E-state index contributed by atoms with van der Waals surface area (Å²) in [4.78, 5) is 29.3. The molecule has 1 N–H and O–H groups in total. The van der Waals surface area contributed by atoms with Crippen LogP contribution in [0.3, 0.4) is 0 Å². The molecule has 3 rings (SSSR count). The van der Waals surface area contributed by atoms with Crippen LogP contribution in [-0.4, -0.2) is 67.7 Å². The number of hydrogen-bond acceptors (Lipinski definition) is 5. The van der Waals surface area contributed by atoms with Crippen molar-refractivity contribution in [2.45, 2.75) is 33.2 Å². The number of amides is 2. The monoisotopic (exact) mass is 477 g/mol. The highest BCUT2D eigenvalue weighted by atomic mass is 16.5. The summed E-state index contributed by atoms with van der Waals surface area (Å²) in [7, 11) is 1.67. The molecule has 0 spiro atoms. The number of aryl methyl sites for hydroxylation is 1. The highest BCUT2D eigenvalue weighted by Crippen LogP contribution is 2.23. The second-order valence-electron chi connectivity index (χ2n) is 8.88. The molecule has 1 atom stereocenters. The minimum atomic E-state index is -0.469. The molecule has 1 saturated heterocycles. The first kappa shape index (κ1) is 26.0. The summed E-state index contributed by atoms with van der Waals surface area (Å²) in [6.45, 7) is 9.66. The summed E-state index contributed by atoms with van der Waals surface area (Å²) < 4.78 is 7.40. The number of para-hydroxylation sites is 1. The van der Waals surface area contributed by atoms with E-state index in [9.17, 15) is 14.9 Å². The second kappa shape index (κ2) is 12.2. The van der Waals surface area contributed by atoms with E-state index in [2.05, 4.69) is 33.8 Å². The Morgan fingerprint density at radius 3 is 2.49 bits per heavy atom. The van der Waals surface area contributed by atoms with Gasteiger partial charge >= 0.3 is 0 Å². The van der Waals surface area contributed by atoms with Crippen molar-refractivity contribution in [3.63, 3.8) is 0 Å². The van der Waals surface area contributed by atoms with Gasteiger partial charge in [0.1, 0.15) is 11.6 Å². The van der Waals surface area contributed by atoms with Gasteiger partial charge in [0, 0.05) is 63.3 Å². The van der Waals surface area contributed by atoms with E-state index in [4.69, 9.17) is 4.74 Å². The molecule has 2 heterocycles. The summed E-state index contributed by atoms with van der Waals surface area (Å²) in [5.74, 6) is -0.458. The molecule has 0 radical (unpaired) electrons. The number of carbonyl (C=O) groups is 2. The predicted molar refractivity (Wildman–Crippen MR) is 137 cm³/mol. The van der Waals surface area contributed by atoms with Crippen LogP contribution in [0.2, 0.25) is 0 Å². The molecular formula is C27H35N5O3. The highest BCUT2D eigenvalue weighted by molar-refractivity contribution is 6.02. The molecule has 1 aliphatic heterocycles. The van der Waals surface area contributed by atoms with Crippen LogP contribution in [0, 0.1) is 25.2 Å². The summed E-state index contributed by atoms with van der Waals surface area (Å²) in [6.07, 6.45) is 1.82. The standard InChI is InChI=1S/C27H35N5O3/c1-20-16-23(22(3)32(20)21(2)19-35-4)17-24(18-28)27(34)29-11-10-26(33)31-14-12-30(13-15-31)25-8-6-5-7-9-25/h5-9,16-17,21H,10-15,19H2,1-4H3,(H,29,34)/b24-17+. The molecule has 8 heteroatoms. The van der Waals surface area contributed by atoms with Gasteiger partial charge in [0.25, 0.3) is 5.91 Å². The van der Waals surface area contributed by atoms with Crippen molar-refractivity contribution in [1.29, 1.82) is 5.26 Å². The molecule has 2 amide bonds. The Labute approximate surface area is 207 Å². The summed E-state index contributed by atoms with van der Waals surface area (Å²) in [5.41, 5.74) is 4.01. The summed E-state index contributed by atoms with van der Waals surface area (Å²) in [5, 5.41) is 12.3. The quantitative estimate of drug-likeness (QED) is 0.443. The van der Waals surface area contributed by atoms with Crippen LogP contribution < -0.4 is 10.2 Å². The Morgan fingerprint density at radius 1 is 1.17 bits per heavy atom. The number of benzene rings is 1. The number of anilines is 1. The minimum Gasteiger partial charge on any atom is -0.383 e. The van der Waals surface area contributed by atoms with Gasteiger partial charge in [-0.05, 0) is 50.6 Å². The highest BCUT2D eigenvalue weighted by Gasteiger charge is 2.21. The van der Waals surface area contributed by atoms with Gasteiger partial charge in [-0.1, -0.05) is 18.2 Å². The molecule has 8 nitrogen and oxygen atoms in total. The first-order chi connectivity index (χ1) is 16.8. The Hall–Kier alpha value is -3.57. The zero-order valence-corrected chi connectivity index (χ0v) is 21.1. The van der Waals surface area contributed by atoms with Crippen LogP contribution in [0.5, 0.6) is 0 Å². The maximum Gasteiger partial charge on any atom is 0.261 e. The van der Waals surface area contributed by atoms with E-state index in [1.165, 1.54) is 0 Å². The third-order valence-electron chi connectivity index (χ3n) is 6.42. The lowest BCUT2D eigenvalue weighted by molar-refractivity contribution is -0.131. The molecular weight excluding hydrogens is 442 g/mol. The van der Waals surface area contributed by atoms with Gasteiger partial charge < -0.3 is 24.4 Å². The van der Waals surface area contributed by atoms with Crippen molar-refractivity contribution >= 4 is 23.6 Å². The largest absolute Gasteiger partial charge is 0.383 e. The van der Waals surface area contributed by atoms with Crippen molar-refractivity contribution in [2.75, 3.05) is 51.3 Å². The Bertz CT molecular complexity index is 1090. The molecule has 35 heavy (non-hydrogen) atoms. The number of hydrogen-bond donors (Lipinski definition) is 1. The van der Waals surface area contributed by atoms with Crippen LogP contribution in [-0.2, 0) is 14.3 Å². The molecule has 1 aromatic heterocycles. The fourth-order valence-corrected chi connectivity index (χ4v) is 4.64. The molecule has 1 fully saturated rings. The number of piperazine rings is 1. The average Bonchev–Trinajstić information content (AvgIpc) is 3.15. The molecule has 0 aliphatic carbocycles. The third-order valence-corrected chi connectivity index (χ3v) is 6.42. The molecule has 1 aromatic carbocycles. The van der Waals surface area contributed by atoms with E-state index >= 15 is 0 Å². The van der Waals surface area contributed by atoms with Gasteiger partial charge in [0.2, 0.25) is 5.91 Å². The number of aromatic nitrogens is 1. The lowest BCUT2D eigenvalue weighted by atomic mass is 10.1. The first-order valence-corrected chi connectivity index (χ1v) is 12.0. The Kier molecular flexibility index (Phi) is 9.10. The molecule has 1 unspecified atom stereocenters. The van der Waals surface area contributed by atoms with E-state index in [1.807, 2.05) is 49.1 Å².